The van der Waals surface area contributed by atoms with Crippen molar-refractivity contribution in [2.45, 2.75) is 103 Å². The molecule has 0 spiro atoms. The summed E-state index contributed by atoms with van der Waals surface area (Å²) < 4.78 is 11.6. The Hall–Kier alpha value is -0.270. The van der Waals surface area contributed by atoms with Gasteiger partial charge in [-0.15, -0.1) is 0 Å². The molecule has 0 rings (SSSR count). The van der Waals surface area contributed by atoms with E-state index in [1.54, 1.807) is 13.8 Å². The Kier molecular flexibility index (Phi) is 18.2. The van der Waals surface area contributed by atoms with Crippen molar-refractivity contribution in [2.75, 3.05) is 13.2 Å². The van der Waals surface area contributed by atoms with E-state index in [1.807, 2.05) is 0 Å². The Balaban J connectivity index is 4.29. The minimum absolute atomic E-state index is 0.241. The second-order valence-corrected chi connectivity index (χ2v) is 11.7. The topological polar surface area (TPSA) is 52.6 Å². The van der Waals surface area contributed by atoms with Crippen LogP contribution in [0.15, 0.2) is 0 Å². The van der Waals surface area contributed by atoms with Crippen molar-refractivity contribution in [1.29, 1.82) is 0 Å². The van der Waals surface area contributed by atoms with E-state index in [0.29, 0.717) is 28.6 Å². The number of esters is 2. The number of thioether (sulfide) groups is 2. The van der Waals surface area contributed by atoms with Crippen molar-refractivity contribution in [3.05, 3.63) is 0 Å². The van der Waals surface area contributed by atoms with E-state index in [1.165, 1.54) is 23.5 Å². The monoisotopic (exact) mass is 478 g/mol. The Morgan fingerprint density at radius 2 is 1.13 bits per heavy atom. The molecule has 0 N–H and O–H groups in total. The van der Waals surface area contributed by atoms with Gasteiger partial charge < -0.3 is 9.47 Å². The minimum atomic E-state index is -0.379. The SMILES string of the molecule is CCCCC(CC)COC(=O)C(C)SC(=S)SC(C)C(=O)OCC(CC)CCCC. The van der Waals surface area contributed by atoms with Crippen LogP contribution in [0.2, 0.25) is 0 Å². The number of carbonyl (C=O) groups excluding carboxylic acids is 2. The third-order valence-electron chi connectivity index (χ3n) is 5.22. The molecule has 0 bridgehead atoms. The summed E-state index contributed by atoms with van der Waals surface area (Å²) in [5.41, 5.74) is 0. The summed E-state index contributed by atoms with van der Waals surface area (Å²) in [5, 5.41) is -0.758. The van der Waals surface area contributed by atoms with Crippen molar-refractivity contribution in [3.63, 3.8) is 0 Å². The zero-order valence-corrected chi connectivity index (χ0v) is 22.2. The molecule has 0 heterocycles. The Morgan fingerprint density at radius 1 is 0.767 bits per heavy atom. The molecule has 7 heteroatoms. The Bertz CT molecular complexity index is 457. The maximum atomic E-state index is 12.3. The van der Waals surface area contributed by atoms with Crippen molar-refractivity contribution in [3.8, 4) is 0 Å². The number of carbonyl (C=O) groups is 2. The molecule has 0 saturated carbocycles. The molecule has 0 amide bonds. The van der Waals surface area contributed by atoms with Crippen molar-refractivity contribution < 1.29 is 19.1 Å². The first kappa shape index (κ1) is 29.7. The van der Waals surface area contributed by atoms with Crippen LogP contribution in [0.5, 0.6) is 0 Å². The third kappa shape index (κ3) is 13.9. The smallest absolute Gasteiger partial charge is 0.319 e. The van der Waals surface area contributed by atoms with Crippen molar-refractivity contribution in [1.82, 2.24) is 0 Å². The maximum Gasteiger partial charge on any atom is 0.319 e. The molecular weight excluding hydrogens is 436 g/mol. The normalized spacial score (nSPS) is 15.1. The van der Waals surface area contributed by atoms with E-state index < -0.39 is 0 Å². The van der Waals surface area contributed by atoms with Gasteiger partial charge in [-0.05, 0) is 38.5 Å². The van der Waals surface area contributed by atoms with E-state index >= 15 is 0 Å². The van der Waals surface area contributed by atoms with E-state index in [2.05, 4.69) is 27.7 Å². The van der Waals surface area contributed by atoms with Gasteiger partial charge in [-0.25, -0.2) is 0 Å². The fourth-order valence-corrected chi connectivity index (χ4v) is 5.70. The first-order valence-electron chi connectivity index (χ1n) is 11.5. The molecule has 0 aliphatic heterocycles. The predicted molar refractivity (Wildman–Crippen MR) is 135 cm³/mol. The van der Waals surface area contributed by atoms with Crippen LogP contribution < -0.4 is 0 Å². The number of hydrogen-bond acceptors (Lipinski definition) is 7. The molecule has 0 fully saturated rings. The molecule has 0 aromatic carbocycles. The van der Waals surface area contributed by atoms with Crippen LogP contribution in [-0.4, -0.2) is 39.2 Å². The molecule has 0 saturated heterocycles. The molecule has 30 heavy (non-hydrogen) atoms. The summed E-state index contributed by atoms with van der Waals surface area (Å²) in [6.45, 7) is 13.1. The van der Waals surface area contributed by atoms with Crippen molar-refractivity contribution in [2.24, 2.45) is 11.8 Å². The number of rotatable bonds is 16. The number of hydrogen-bond donors (Lipinski definition) is 0. The van der Waals surface area contributed by atoms with Crippen LogP contribution in [0, 0.1) is 11.8 Å². The first-order chi connectivity index (χ1) is 14.3. The number of ether oxygens (including phenoxy) is 2. The van der Waals surface area contributed by atoms with Gasteiger partial charge in [0.15, 0.2) is 0 Å². The van der Waals surface area contributed by atoms with Crippen molar-refractivity contribution >= 4 is 51.2 Å². The van der Waals surface area contributed by atoms with Gasteiger partial charge in [-0.1, -0.05) is 102 Å². The lowest BCUT2D eigenvalue weighted by molar-refractivity contribution is -0.145. The summed E-state index contributed by atoms with van der Waals surface area (Å²) in [6, 6.07) is 0. The number of unbranched alkanes of at least 4 members (excludes halogenated alkanes) is 2. The van der Waals surface area contributed by atoms with Crippen LogP contribution in [0.3, 0.4) is 0 Å². The van der Waals surface area contributed by atoms with E-state index in [4.69, 9.17) is 21.7 Å². The van der Waals surface area contributed by atoms with Crippen LogP contribution >= 0.6 is 35.7 Å². The Labute approximate surface area is 198 Å². The van der Waals surface area contributed by atoms with E-state index in [0.717, 1.165) is 51.4 Å². The van der Waals surface area contributed by atoms with Gasteiger partial charge in [0.25, 0.3) is 0 Å². The highest BCUT2D eigenvalue weighted by Crippen LogP contribution is 2.27. The molecule has 0 aliphatic carbocycles. The van der Waals surface area contributed by atoms with E-state index in [-0.39, 0.29) is 22.4 Å². The fourth-order valence-electron chi connectivity index (χ4n) is 2.84. The second kappa shape index (κ2) is 18.3. The maximum absolute atomic E-state index is 12.3. The molecule has 0 aliphatic rings. The minimum Gasteiger partial charge on any atom is -0.465 e. The van der Waals surface area contributed by atoms with Gasteiger partial charge in [0.05, 0.1) is 13.2 Å². The molecule has 4 unspecified atom stereocenters. The predicted octanol–water partition coefficient (Wildman–Crippen LogP) is 7.03. The van der Waals surface area contributed by atoms with Crippen LogP contribution in [0.1, 0.15) is 92.9 Å². The molecule has 0 radical (unpaired) electrons. The summed E-state index contributed by atoms with van der Waals surface area (Å²) in [4.78, 5) is 24.6. The van der Waals surface area contributed by atoms with Gasteiger partial charge in [0.1, 0.15) is 14.0 Å². The van der Waals surface area contributed by atoms with Gasteiger partial charge >= 0.3 is 11.9 Å². The summed E-state index contributed by atoms with van der Waals surface area (Å²) in [6.07, 6.45) is 8.83. The number of thiocarbonyl (C=S) groups is 1. The van der Waals surface area contributed by atoms with Gasteiger partial charge in [0.2, 0.25) is 0 Å². The lowest BCUT2D eigenvalue weighted by Gasteiger charge is -2.18. The highest BCUT2D eigenvalue weighted by atomic mass is 32.2. The summed E-state index contributed by atoms with van der Waals surface area (Å²) in [5.74, 6) is 0.364. The fraction of sp³-hybridized carbons (Fsp3) is 0.870. The average Bonchev–Trinajstić information content (AvgIpc) is 2.73. The standard InChI is InChI=1S/C23H42O4S3/c1-7-11-13-19(9-3)15-26-21(24)17(5)29-23(28)30-18(6)22(25)27-16-20(10-4)14-12-8-2/h17-20H,7-16H2,1-6H3. The molecule has 4 nitrogen and oxygen atoms in total. The average molecular weight is 479 g/mol. The zero-order chi connectivity index (χ0) is 22.9. The molecule has 0 aromatic heterocycles. The van der Waals surface area contributed by atoms with E-state index in [9.17, 15) is 9.59 Å². The first-order valence-corrected chi connectivity index (χ1v) is 13.7. The second-order valence-electron chi connectivity index (χ2n) is 7.86. The highest BCUT2D eigenvalue weighted by molar-refractivity contribution is 8.47. The highest BCUT2D eigenvalue weighted by Gasteiger charge is 2.23. The summed E-state index contributed by atoms with van der Waals surface area (Å²) in [7, 11) is 0. The molecule has 4 atom stereocenters. The molecule has 176 valence electrons. The summed E-state index contributed by atoms with van der Waals surface area (Å²) >= 11 is 7.95. The Morgan fingerprint density at radius 3 is 1.43 bits per heavy atom. The van der Waals surface area contributed by atoms with Crippen LogP contribution in [0.4, 0.5) is 0 Å². The zero-order valence-electron chi connectivity index (χ0n) is 19.7. The molecule has 0 aromatic rings. The third-order valence-corrected chi connectivity index (χ3v) is 7.85. The van der Waals surface area contributed by atoms with Crippen LogP contribution in [-0.2, 0) is 19.1 Å². The lowest BCUT2D eigenvalue weighted by atomic mass is 10.0. The van der Waals surface area contributed by atoms with Gasteiger partial charge in [-0.3, -0.25) is 9.59 Å². The quantitative estimate of drug-likeness (QED) is 0.174. The molecular formula is C23H42O4S3. The lowest BCUT2D eigenvalue weighted by Crippen LogP contribution is -2.23. The largest absolute Gasteiger partial charge is 0.465 e. The van der Waals surface area contributed by atoms with Crippen LogP contribution in [0.25, 0.3) is 0 Å². The van der Waals surface area contributed by atoms with Gasteiger partial charge in [0, 0.05) is 0 Å². The van der Waals surface area contributed by atoms with Gasteiger partial charge in [-0.2, -0.15) is 0 Å².